The van der Waals surface area contributed by atoms with Crippen LogP contribution >= 0.6 is 11.6 Å². The summed E-state index contributed by atoms with van der Waals surface area (Å²) in [5.74, 6) is -0.532. The molecule has 1 aromatic carbocycles. The number of carbonyl (C=O) groups excluding carboxylic acids is 2. The normalized spacial score (nSPS) is 12.0. The van der Waals surface area contributed by atoms with Crippen molar-refractivity contribution in [3.63, 3.8) is 0 Å². The third-order valence-electron chi connectivity index (χ3n) is 3.39. The first kappa shape index (κ1) is 18.0. The molecule has 128 valence electrons. The van der Waals surface area contributed by atoms with E-state index in [1.165, 1.54) is 0 Å². The fraction of sp³-hybridized carbons (Fsp3) is 0.353. The van der Waals surface area contributed by atoms with Crippen LogP contribution in [0.2, 0.25) is 5.02 Å². The van der Waals surface area contributed by atoms with E-state index in [9.17, 15) is 9.59 Å². The zero-order valence-electron chi connectivity index (χ0n) is 13.7. The van der Waals surface area contributed by atoms with Crippen LogP contribution in [-0.2, 0) is 14.3 Å². The molecule has 0 aliphatic carbocycles. The molecule has 0 spiro atoms. The second-order valence-electron chi connectivity index (χ2n) is 5.75. The number of carbonyl (C=O) groups is 2. The SMILES string of the molecule is Cc1cc(NC(=O)COC(=O)C(c2ccc(Cl)cc2)C(C)C)no1. The molecule has 1 amide bonds. The van der Waals surface area contributed by atoms with E-state index in [1.807, 2.05) is 13.8 Å². The van der Waals surface area contributed by atoms with E-state index in [4.69, 9.17) is 20.9 Å². The zero-order chi connectivity index (χ0) is 17.7. The van der Waals surface area contributed by atoms with E-state index in [0.29, 0.717) is 10.8 Å². The third kappa shape index (κ3) is 4.83. The lowest BCUT2D eigenvalue weighted by molar-refractivity contribution is -0.149. The Morgan fingerprint density at radius 3 is 2.50 bits per heavy atom. The Balaban J connectivity index is 1.95. The van der Waals surface area contributed by atoms with E-state index >= 15 is 0 Å². The number of ether oxygens (including phenoxy) is 1. The molecule has 0 bridgehead atoms. The van der Waals surface area contributed by atoms with Gasteiger partial charge in [0, 0.05) is 11.1 Å². The Morgan fingerprint density at radius 1 is 1.29 bits per heavy atom. The van der Waals surface area contributed by atoms with Gasteiger partial charge in [-0.05, 0) is 30.5 Å². The highest BCUT2D eigenvalue weighted by atomic mass is 35.5. The predicted molar refractivity (Wildman–Crippen MR) is 89.9 cm³/mol. The van der Waals surface area contributed by atoms with Gasteiger partial charge in [0.05, 0.1) is 5.92 Å². The topological polar surface area (TPSA) is 81.4 Å². The summed E-state index contributed by atoms with van der Waals surface area (Å²) in [7, 11) is 0. The molecule has 0 radical (unpaired) electrons. The summed E-state index contributed by atoms with van der Waals surface area (Å²) < 4.78 is 9.99. The van der Waals surface area contributed by atoms with Crippen LogP contribution in [-0.4, -0.2) is 23.6 Å². The molecular weight excluding hydrogens is 332 g/mol. The molecule has 1 N–H and O–H groups in total. The number of halogens is 1. The number of nitrogens with one attached hydrogen (secondary N) is 1. The van der Waals surface area contributed by atoms with Crippen LogP contribution in [0.3, 0.4) is 0 Å². The predicted octanol–water partition coefficient (Wildman–Crippen LogP) is 3.56. The molecule has 2 rings (SSSR count). The summed E-state index contributed by atoms with van der Waals surface area (Å²) in [6, 6.07) is 8.59. The number of rotatable bonds is 6. The van der Waals surface area contributed by atoms with Crippen LogP contribution in [0.1, 0.15) is 31.1 Å². The Morgan fingerprint density at radius 2 is 1.96 bits per heavy atom. The minimum absolute atomic E-state index is 0.0138. The van der Waals surface area contributed by atoms with Gasteiger partial charge in [-0.3, -0.25) is 9.59 Å². The number of aryl methyl sites for hydroxylation is 1. The van der Waals surface area contributed by atoms with Gasteiger partial charge in [0.2, 0.25) is 0 Å². The average Bonchev–Trinajstić information content (AvgIpc) is 2.92. The van der Waals surface area contributed by atoms with Crippen molar-refractivity contribution in [2.75, 3.05) is 11.9 Å². The molecule has 1 heterocycles. The van der Waals surface area contributed by atoms with Crippen molar-refractivity contribution in [3.05, 3.63) is 46.7 Å². The van der Waals surface area contributed by atoms with Gasteiger partial charge in [0.1, 0.15) is 5.76 Å². The van der Waals surface area contributed by atoms with E-state index in [0.717, 1.165) is 5.56 Å². The lowest BCUT2D eigenvalue weighted by Gasteiger charge is -2.19. The maximum Gasteiger partial charge on any atom is 0.314 e. The number of nitrogens with zero attached hydrogens (tertiary/aromatic N) is 1. The second-order valence-corrected chi connectivity index (χ2v) is 6.19. The van der Waals surface area contributed by atoms with Crippen LogP contribution in [0.25, 0.3) is 0 Å². The number of hydrogen-bond acceptors (Lipinski definition) is 5. The van der Waals surface area contributed by atoms with Crippen molar-refractivity contribution in [1.29, 1.82) is 0 Å². The Labute approximate surface area is 145 Å². The molecule has 1 atom stereocenters. The van der Waals surface area contributed by atoms with Gasteiger partial charge < -0.3 is 14.6 Å². The molecule has 0 saturated heterocycles. The lowest BCUT2D eigenvalue weighted by Crippen LogP contribution is -2.26. The summed E-state index contributed by atoms with van der Waals surface area (Å²) in [6.07, 6.45) is 0. The third-order valence-corrected chi connectivity index (χ3v) is 3.64. The number of esters is 1. The van der Waals surface area contributed by atoms with Gasteiger partial charge in [0.25, 0.3) is 5.91 Å². The van der Waals surface area contributed by atoms with E-state index in [-0.39, 0.29) is 18.3 Å². The Hall–Kier alpha value is -2.34. The van der Waals surface area contributed by atoms with Crippen molar-refractivity contribution >= 4 is 29.3 Å². The quantitative estimate of drug-likeness (QED) is 0.805. The highest BCUT2D eigenvalue weighted by Crippen LogP contribution is 2.27. The Kier molecular flexibility index (Phi) is 5.98. The summed E-state index contributed by atoms with van der Waals surface area (Å²) in [5.41, 5.74) is 0.798. The van der Waals surface area contributed by atoms with Crippen LogP contribution in [0.15, 0.2) is 34.9 Å². The standard InChI is InChI=1S/C17H19ClN2O4/c1-10(2)16(12-4-6-13(18)7-5-12)17(22)23-9-15(21)19-14-8-11(3)24-20-14/h4-8,10,16H,9H2,1-3H3,(H,19,20,21). The monoisotopic (exact) mass is 350 g/mol. The number of hydrogen-bond donors (Lipinski definition) is 1. The minimum Gasteiger partial charge on any atom is -0.455 e. The fourth-order valence-electron chi connectivity index (χ4n) is 2.29. The number of aromatic nitrogens is 1. The first-order valence-electron chi connectivity index (χ1n) is 7.52. The molecule has 7 heteroatoms. The van der Waals surface area contributed by atoms with Crippen molar-refractivity contribution in [2.24, 2.45) is 5.92 Å². The van der Waals surface area contributed by atoms with Crippen molar-refractivity contribution < 1.29 is 18.8 Å². The molecule has 24 heavy (non-hydrogen) atoms. The van der Waals surface area contributed by atoms with Crippen LogP contribution in [0, 0.1) is 12.8 Å². The van der Waals surface area contributed by atoms with Crippen LogP contribution in [0.5, 0.6) is 0 Å². The summed E-state index contributed by atoms with van der Waals surface area (Å²) in [6.45, 7) is 5.15. The highest BCUT2D eigenvalue weighted by molar-refractivity contribution is 6.30. The number of amides is 1. The minimum atomic E-state index is -0.477. The smallest absolute Gasteiger partial charge is 0.314 e. The maximum atomic E-state index is 12.4. The zero-order valence-corrected chi connectivity index (χ0v) is 14.5. The largest absolute Gasteiger partial charge is 0.455 e. The Bertz CT molecular complexity index is 710. The summed E-state index contributed by atoms with van der Waals surface area (Å²) >= 11 is 5.87. The molecule has 6 nitrogen and oxygen atoms in total. The average molecular weight is 351 g/mol. The van der Waals surface area contributed by atoms with Gasteiger partial charge in [-0.15, -0.1) is 0 Å². The fourth-order valence-corrected chi connectivity index (χ4v) is 2.42. The summed E-state index contributed by atoms with van der Waals surface area (Å²) in [4.78, 5) is 24.2. The maximum absolute atomic E-state index is 12.4. The molecular formula is C17H19ClN2O4. The van der Waals surface area contributed by atoms with Gasteiger partial charge >= 0.3 is 5.97 Å². The molecule has 1 unspecified atom stereocenters. The molecule has 0 aliphatic heterocycles. The van der Waals surface area contributed by atoms with Crippen molar-refractivity contribution in [2.45, 2.75) is 26.7 Å². The molecule has 0 fully saturated rings. The van der Waals surface area contributed by atoms with Crippen molar-refractivity contribution in [1.82, 2.24) is 5.16 Å². The number of anilines is 1. The van der Waals surface area contributed by atoms with Gasteiger partial charge in [-0.1, -0.05) is 42.7 Å². The summed E-state index contributed by atoms with van der Waals surface area (Å²) in [5, 5.41) is 6.73. The van der Waals surface area contributed by atoms with Gasteiger partial charge in [-0.2, -0.15) is 0 Å². The van der Waals surface area contributed by atoms with Gasteiger partial charge in [0.15, 0.2) is 12.4 Å². The first-order valence-corrected chi connectivity index (χ1v) is 7.90. The highest BCUT2D eigenvalue weighted by Gasteiger charge is 2.26. The van der Waals surface area contributed by atoms with Crippen molar-refractivity contribution in [3.8, 4) is 0 Å². The molecule has 0 saturated carbocycles. The van der Waals surface area contributed by atoms with E-state index in [2.05, 4.69) is 10.5 Å². The van der Waals surface area contributed by atoms with E-state index < -0.39 is 17.8 Å². The van der Waals surface area contributed by atoms with Crippen LogP contribution in [0.4, 0.5) is 5.82 Å². The lowest BCUT2D eigenvalue weighted by atomic mass is 9.88. The molecule has 2 aromatic rings. The number of benzene rings is 1. The second kappa shape index (κ2) is 7.97. The first-order chi connectivity index (χ1) is 11.4. The van der Waals surface area contributed by atoms with Gasteiger partial charge in [-0.25, -0.2) is 0 Å². The molecule has 1 aromatic heterocycles. The van der Waals surface area contributed by atoms with Crippen LogP contribution < -0.4 is 5.32 Å². The molecule has 0 aliphatic rings. The van der Waals surface area contributed by atoms with E-state index in [1.54, 1.807) is 37.3 Å².